The number of fused-ring (bicyclic) bond motifs is 1. The lowest BCUT2D eigenvalue weighted by atomic mass is 9.86. The fraction of sp³-hybridized carbons (Fsp3) is 0.562. The van der Waals surface area contributed by atoms with Gasteiger partial charge in [0, 0.05) is 4.88 Å². The average Bonchev–Trinajstić information content (AvgIpc) is 2.80. The number of anilines is 1. The zero-order valence-corrected chi connectivity index (χ0v) is 13.1. The molecule has 0 aliphatic heterocycles. The Morgan fingerprint density at radius 3 is 2.73 bits per heavy atom. The van der Waals surface area contributed by atoms with E-state index in [0.717, 1.165) is 50.5 Å². The molecule has 1 N–H and O–H groups in total. The van der Waals surface area contributed by atoms with E-state index in [1.807, 2.05) is 0 Å². The van der Waals surface area contributed by atoms with E-state index in [0.29, 0.717) is 10.6 Å². The van der Waals surface area contributed by atoms with Gasteiger partial charge >= 0.3 is 5.97 Å². The summed E-state index contributed by atoms with van der Waals surface area (Å²) >= 11 is 1.48. The van der Waals surface area contributed by atoms with Gasteiger partial charge in [0.25, 0.3) is 5.91 Å². The number of nitrogens with zero attached hydrogens (tertiary/aromatic N) is 1. The van der Waals surface area contributed by atoms with Crippen LogP contribution in [0.3, 0.4) is 0 Å². The molecule has 6 heteroatoms. The van der Waals surface area contributed by atoms with E-state index in [1.165, 1.54) is 16.2 Å². The molecule has 116 valence electrons. The first kappa shape index (κ1) is 15.0. The van der Waals surface area contributed by atoms with Gasteiger partial charge in [0.05, 0.1) is 11.5 Å². The highest BCUT2D eigenvalue weighted by Gasteiger charge is 2.27. The van der Waals surface area contributed by atoms with Crippen molar-refractivity contribution in [2.45, 2.75) is 44.9 Å². The van der Waals surface area contributed by atoms with Crippen molar-refractivity contribution in [3.63, 3.8) is 0 Å². The Kier molecular flexibility index (Phi) is 4.44. The second-order valence-corrected chi connectivity index (χ2v) is 6.92. The molecule has 1 aromatic heterocycles. The fourth-order valence-electron chi connectivity index (χ4n) is 2.83. The number of carbonyl (C=O) groups is 2. The smallest absolute Gasteiger partial charge is 0.309 e. The molecule has 1 heterocycles. The molecular formula is C16H18N2O3S. The van der Waals surface area contributed by atoms with E-state index in [1.54, 1.807) is 0 Å². The molecule has 0 saturated heterocycles. The largest absolute Gasteiger partial charge is 0.455 e. The standard InChI is InChI=1S/C16H18N2O3S/c17-8-12-11-6-1-2-7-13(11)22-15(12)18-14(19)9-21-16(20)10-4-3-5-10/h10H,1-7,9H2,(H,18,19). The topological polar surface area (TPSA) is 79.2 Å². The first-order valence-corrected chi connectivity index (χ1v) is 8.52. The lowest BCUT2D eigenvalue weighted by Crippen LogP contribution is -2.28. The second-order valence-electron chi connectivity index (χ2n) is 5.81. The summed E-state index contributed by atoms with van der Waals surface area (Å²) in [6, 6.07) is 2.20. The number of thiophene rings is 1. The van der Waals surface area contributed by atoms with Crippen LogP contribution in [0.4, 0.5) is 5.00 Å². The highest BCUT2D eigenvalue weighted by molar-refractivity contribution is 7.16. The molecule has 0 atom stereocenters. The fourth-order valence-corrected chi connectivity index (χ4v) is 4.09. The van der Waals surface area contributed by atoms with Crippen LogP contribution in [0.25, 0.3) is 0 Å². The van der Waals surface area contributed by atoms with E-state index in [4.69, 9.17) is 4.74 Å². The average molecular weight is 318 g/mol. The SMILES string of the molecule is N#Cc1c(NC(=O)COC(=O)C2CCC2)sc2c1CCCC2. The van der Waals surface area contributed by atoms with Gasteiger partial charge in [-0.1, -0.05) is 6.42 Å². The van der Waals surface area contributed by atoms with Gasteiger partial charge in [0.15, 0.2) is 6.61 Å². The third-order valence-corrected chi connectivity index (χ3v) is 5.53. The van der Waals surface area contributed by atoms with Crippen LogP contribution in [0.2, 0.25) is 0 Å². The molecule has 2 aliphatic rings. The third kappa shape index (κ3) is 3.00. The molecular weight excluding hydrogens is 300 g/mol. The summed E-state index contributed by atoms with van der Waals surface area (Å²) < 4.78 is 5.03. The molecule has 22 heavy (non-hydrogen) atoms. The molecule has 1 saturated carbocycles. The van der Waals surface area contributed by atoms with Crippen LogP contribution in [-0.2, 0) is 27.2 Å². The summed E-state index contributed by atoms with van der Waals surface area (Å²) in [6.45, 7) is -0.275. The molecule has 3 rings (SSSR count). The van der Waals surface area contributed by atoms with Gasteiger partial charge in [-0.3, -0.25) is 9.59 Å². The van der Waals surface area contributed by atoms with Crippen molar-refractivity contribution < 1.29 is 14.3 Å². The van der Waals surface area contributed by atoms with Crippen molar-refractivity contribution in [1.29, 1.82) is 5.26 Å². The Labute approximate surface area is 133 Å². The van der Waals surface area contributed by atoms with Crippen LogP contribution in [-0.4, -0.2) is 18.5 Å². The first-order chi connectivity index (χ1) is 10.7. The maximum Gasteiger partial charge on any atom is 0.309 e. The van der Waals surface area contributed by atoms with E-state index in [9.17, 15) is 14.9 Å². The molecule has 5 nitrogen and oxygen atoms in total. The molecule has 0 bridgehead atoms. The lowest BCUT2D eigenvalue weighted by Gasteiger charge is -2.22. The highest BCUT2D eigenvalue weighted by atomic mass is 32.1. The Morgan fingerprint density at radius 1 is 1.27 bits per heavy atom. The van der Waals surface area contributed by atoms with Gasteiger partial charge in [-0.15, -0.1) is 11.3 Å². The minimum absolute atomic E-state index is 0.0310. The zero-order valence-electron chi connectivity index (χ0n) is 12.3. The number of nitrogens with one attached hydrogen (secondary N) is 1. The van der Waals surface area contributed by atoms with Crippen LogP contribution in [0, 0.1) is 17.2 Å². The third-order valence-electron chi connectivity index (χ3n) is 4.32. The summed E-state index contributed by atoms with van der Waals surface area (Å²) in [5.74, 6) is -0.688. The molecule has 0 radical (unpaired) electrons. The maximum absolute atomic E-state index is 11.9. The molecule has 0 aromatic carbocycles. The monoisotopic (exact) mass is 318 g/mol. The molecule has 1 aromatic rings. The minimum Gasteiger partial charge on any atom is -0.455 e. The van der Waals surface area contributed by atoms with Gasteiger partial charge in [0.2, 0.25) is 0 Å². The van der Waals surface area contributed by atoms with Gasteiger partial charge in [0.1, 0.15) is 11.1 Å². The van der Waals surface area contributed by atoms with Crippen molar-refractivity contribution in [3.05, 3.63) is 16.0 Å². The number of hydrogen-bond acceptors (Lipinski definition) is 5. The predicted molar refractivity (Wildman–Crippen MR) is 82.6 cm³/mol. The number of rotatable bonds is 4. The molecule has 1 fully saturated rings. The Bertz CT molecular complexity index is 641. The van der Waals surface area contributed by atoms with Crippen LogP contribution in [0.1, 0.15) is 48.1 Å². The van der Waals surface area contributed by atoms with E-state index < -0.39 is 0 Å². The van der Waals surface area contributed by atoms with Crippen molar-refractivity contribution in [3.8, 4) is 6.07 Å². The molecule has 1 amide bonds. The van der Waals surface area contributed by atoms with Gasteiger partial charge in [-0.2, -0.15) is 5.26 Å². The second kappa shape index (κ2) is 6.49. The van der Waals surface area contributed by atoms with Crippen molar-refractivity contribution in [1.82, 2.24) is 0 Å². The van der Waals surface area contributed by atoms with Gasteiger partial charge < -0.3 is 10.1 Å². The summed E-state index contributed by atoms with van der Waals surface area (Å²) in [7, 11) is 0. The van der Waals surface area contributed by atoms with Gasteiger partial charge in [-0.25, -0.2) is 0 Å². The first-order valence-electron chi connectivity index (χ1n) is 7.70. The quantitative estimate of drug-likeness (QED) is 0.866. The van der Waals surface area contributed by atoms with E-state index >= 15 is 0 Å². The number of hydrogen-bond donors (Lipinski definition) is 1. The van der Waals surface area contributed by atoms with E-state index in [2.05, 4.69) is 11.4 Å². The highest BCUT2D eigenvalue weighted by Crippen LogP contribution is 2.37. The lowest BCUT2D eigenvalue weighted by molar-refractivity contribution is -0.154. The number of esters is 1. The van der Waals surface area contributed by atoms with Crippen molar-refractivity contribution in [2.75, 3.05) is 11.9 Å². The summed E-state index contributed by atoms with van der Waals surface area (Å²) in [4.78, 5) is 24.7. The summed E-state index contributed by atoms with van der Waals surface area (Å²) in [6.07, 6.45) is 6.86. The number of amides is 1. The van der Waals surface area contributed by atoms with Crippen molar-refractivity contribution in [2.24, 2.45) is 5.92 Å². The maximum atomic E-state index is 11.9. The summed E-state index contributed by atoms with van der Waals surface area (Å²) in [5, 5.41) is 12.7. The molecule has 0 unspecified atom stereocenters. The number of carbonyl (C=O) groups excluding carboxylic acids is 2. The minimum atomic E-state index is -0.372. The number of aryl methyl sites for hydroxylation is 1. The Balaban J connectivity index is 1.60. The Morgan fingerprint density at radius 2 is 2.05 bits per heavy atom. The molecule has 0 spiro atoms. The normalized spacial score (nSPS) is 17.0. The number of nitriles is 1. The van der Waals surface area contributed by atoms with E-state index in [-0.39, 0.29) is 24.4 Å². The van der Waals surface area contributed by atoms with Crippen molar-refractivity contribution >= 4 is 28.2 Å². The zero-order chi connectivity index (χ0) is 15.5. The van der Waals surface area contributed by atoms with Crippen LogP contribution < -0.4 is 5.32 Å². The van der Waals surface area contributed by atoms with Crippen LogP contribution >= 0.6 is 11.3 Å². The van der Waals surface area contributed by atoms with Gasteiger partial charge in [-0.05, 0) is 44.1 Å². The van der Waals surface area contributed by atoms with Crippen LogP contribution in [0.5, 0.6) is 0 Å². The number of ether oxygens (including phenoxy) is 1. The summed E-state index contributed by atoms with van der Waals surface area (Å²) in [5.41, 5.74) is 1.67. The van der Waals surface area contributed by atoms with Crippen LogP contribution in [0.15, 0.2) is 0 Å². The molecule has 2 aliphatic carbocycles. The predicted octanol–water partition coefficient (Wildman–Crippen LogP) is 2.78. The Hall–Kier alpha value is -1.87.